The van der Waals surface area contributed by atoms with Crippen LogP contribution in [0.25, 0.3) is 0 Å². The molecule has 124 valence electrons. The molecule has 1 saturated heterocycles. The average Bonchev–Trinajstić information content (AvgIpc) is 3.04. The van der Waals surface area contributed by atoms with Gasteiger partial charge in [0.05, 0.1) is 14.2 Å². The minimum absolute atomic E-state index is 0.627. The monoisotopic (exact) mass is 306 g/mol. The molecule has 0 aromatic heterocycles. The Labute approximate surface area is 134 Å². The Kier molecular flexibility index (Phi) is 6.52. The second-order valence-corrected chi connectivity index (χ2v) is 6.37. The molecule has 1 atom stereocenters. The van der Waals surface area contributed by atoms with Crippen LogP contribution in [-0.2, 0) is 6.54 Å². The number of hydrogen-bond donors (Lipinski definition) is 1. The summed E-state index contributed by atoms with van der Waals surface area (Å²) in [6, 6.07) is 6.74. The van der Waals surface area contributed by atoms with Crippen molar-refractivity contribution in [2.24, 2.45) is 5.92 Å². The van der Waals surface area contributed by atoms with Crippen LogP contribution >= 0.6 is 0 Å². The Hall–Kier alpha value is -1.26. The van der Waals surface area contributed by atoms with Crippen molar-refractivity contribution in [3.8, 4) is 11.5 Å². The molecule has 1 aliphatic rings. The van der Waals surface area contributed by atoms with Crippen molar-refractivity contribution in [3.05, 3.63) is 23.8 Å². The SMILES string of the molecule is COc1ccc(CNCC(C(C)C)N2CCCC2)cc1OC. The van der Waals surface area contributed by atoms with Gasteiger partial charge in [0.25, 0.3) is 0 Å². The van der Waals surface area contributed by atoms with Crippen molar-refractivity contribution < 1.29 is 9.47 Å². The third kappa shape index (κ3) is 4.37. The lowest BCUT2D eigenvalue weighted by molar-refractivity contribution is 0.186. The minimum Gasteiger partial charge on any atom is -0.493 e. The van der Waals surface area contributed by atoms with Gasteiger partial charge in [0.15, 0.2) is 11.5 Å². The van der Waals surface area contributed by atoms with Crippen LogP contribution < -0.4 is 14.8 Å². The van der Waals surface area contributed by atoms with Crippen LogP contribution in [0.4, 0.5) is 0 Å². The van der Waals surface area contributed by atoms with Crippen LogP contribution in [-0.4, -0.2) is 44.8 Å². The zero-order valence-electron chi connectivity index (χ0n) is 14.4. The lowest BCUT2D eigenvalue weighted by atomic mass is 10.0. The average molecular weight is 306 g/mol. The number of ether oxygens (including phenoxy) is 2. The summed E-state index contributed by atoms with van der Waals surface area (Å²) >= 11 is 0. The molecule has 0 radical (unpaired) electrons. The standard InChI is InChI=1S/C18H30N2O2/c1-14(2)16(20-9-5-6-10-20)13-19-12-15-7-8-17(21-3)18(11-15)22-4/h7-8,11,14,16,19H,5-6,9-10,12-13H2,1-4H3. The van der Waals surface area contributed by atoms with Crippen LogP contribution in [0, 0.1) is 5.92 Å². The van der Waals surface area contributed by atoms with Gasteiger partial charge < -0.3 is 14.8 Å². The van der Waals surface area contributed by atoms with Gasteiger partial charge in [-0.25, -0.2) is 0 Å². The summed E-state index contributed by atoms with van der Waals surface area (Å²) in [4.78, 5) is 2.63. The molecule has 1 heterocycles. The Balaban J connectivity index is 1.89. The van der Waals surface area contributed by atoms with Crippen molar-refractivity contribution in [2.75, 3.05) is 33.9 Å². The Bertz CT molecular complexity index is 456. The largest absolute Gasteiger partial charge is 0.493 e. The van der Waals surface area contributed by atoms with Crippen molar-refractivity contribution in [1.82, 2.24) is 10.2 Å². The lowest BCUT2D eigenvalue weighted by Gasteiger charge is -2.31. The zero-order valence-corrected chi connectivity index (χ0v) is 14.4. The molecule has 0 saturated carbocycles. The zero-order chi connectivity index (χ0) is 15.9. The maximum atomic E-state index is 5.36. The highest BCUT2D eigenvalue weighted by Crippen LogP contribution is 2.27. The number of likely N-dealkylation sites (tertiary alicyclic amines) is 1. The highest BCUT2D eigenvalue weighted by Gasteiger charge is 2.23. The summed E-state index contributed by atoms with van der Waals surface area (Å²) in [6.07, 6.45) is 2.69. The third-order valence-electron chi connectivity index (χ3n) is 4.51. The van der Waals surface area contributed by atoms with E-state index in [0.29, 0.717) is 12.0 Å². The molecule has 1 N–H and O–H groups in total. The van der Waals surface area contributed by atoms with E-state index in [1.807, 2.05) is 12.1 Å². The fourth-order valence-corrected chi connectivity index (χ4v) is 3.21. The van der Waals surface area contributed by atoms with Crippen LogP contribution in [0.5, 0.6) is 11.5 Å². The quantitative estimate of drug-likeness (QED) is 0.801. The molecule has 0 spiro atoms. The summed E-state index contributed by atoms with van der Waals surface area (Å²) in [7, 11) is 3.34. The fraction of sp³-hybridized carbons (Fsp3) is 0.667. The van der Waals surface area contributed by atoms with Gasteiger partial charge in [0.2, 0.25) is 0 Å². The Morgan fingerprint density at radius 3 is 2.36 bits per heavy atom. The van der Waals surface area contributed by atoms with E-state index in [-0.39, 0.29) is 0 Å². The molecule has 22 heavy (non-hydrogen) atoms. The predicted octanol–water partition coefficient (Wildman–Crippen LogP) is 2.91. The number of methoxy groups -OCH3 is 2. The van der Waals surface area contributed by atoms with Gasteiger partial charge >= 0.3 is 0 Å². The van der Waals surface area contributed by atoms with Crippen molar-refractivity contribution in [3.63, 3.8) is 0 Å². The van der Waals surface area contributed by atoms with Gasteiger partial charge in [0, 0.05) is 19.1 Å². The van der Waals surface area contributed by atoms with Crippen molar-refractivity contribution in [1.29, 1.82) is 0 Å². The second kappa shape index (κ2) is 8.39. The van der Waals surface area contributed by atoms with E-state index >= 15 is 0 Å². The van der Waals surface area contributed by atoms with Crippen molar-refractivity contribution >= 4 is 0 Å². The number of nitrogens with one attached hydrogen (secondary N) is 1. The molecule has 0 bridgehead atoms. The summed E-state index contributed by atoms with van der Waals surface area (Å²) in [5, 5.41) is 3.61. The first-order valence-electron chi connectivity index (χ1n) is 8.31. The van der Waals surface area contributed by atoms with Crippen molar-refractivity contribution in [2.45, 2.75) is 39.3 Å². The molecule has 1 unspecified atom stereocenters. The smallest absolute Gasteiger partial charge is 0.161 e. The van der Waals surface area contributed by atoms with Crippen LogP contribution in [0.3, 0.4) is 0 Å². The molecular formula is C18H30N2O2. The Morgan fingerprint density at radius 2 is 1.77 bits per heavy atom. The normalized spacial score (nSPS) is 17.0. The molecule has 0 amide bonds. The molecular weight excluding hydrogens is 276 g/mol. The fourth-order valence-electron chi connectivity index (χ4n) is 3.21. The third-order valence-corrected chi connectivity index (χ3v) is 4.51. The molecule has 1 fully saturated rings. The molecule has 1 aromatic rings. The highest BCUT2D eigenvalue weighted by atomic mass is 16.5. The maximum absolute atomic E-state index is 5.36. The van der Waals surface area contributed by atoms with Gasteiger partial charge in [0.1, 0.15) is 0 Å². The van der Waals surface area contributed by atoms with E-state index in [0.717, 1.165) is 24.6 Å². The minimum atomic E-state index is 0.627. The highest BCUT2D eigenvalue weighted by molar-refractivity contribution is 5.42. The number of benzene rings is 1. The number of rotatable bonds is 8. The summed E-state index contributed by atoms with van der Waals surface area (Å²) in [6.45, 7) is 9.04. The molecule has 4 heteroatoms. The molecule has 0 aliphatic carbocycles. The van der Waals surface area contributed by atoms with Gasteiger partial charge in [-0.2, -0.15) is 0 Å². The van der Waals surface area contributed by atoms with E-state index in [9.17, 15) is 0 Å². The molecule has 1 aromatic carbocycles. The first-order chi connectivity index (χ1) is 10.7. The van der Waals surface area contributed by atoms with Crippen LogP contribution in [0.2, 0.25) is 0 Å². The second-order valence-electron chi connectivity index (χ2n) is 6.37. The van der Waals surface area contributed by atoms with Gasteiger partial charge in [-0.3, -0.25) is 4.90 Å². The molecule has 2 rings (SSSR count). The van der Waals surface area contributed by atoms with Gasteiger partial charge in [-0.15, -0.1) is 0 Å². The molecule has 1 aliphatic heterocycles. The van der Waals surface area contributed by atoms with Gasteiger partial charge in [-0.05, 0) is 49.5 Å². The van der Waals surface area contributed by atoms with Crippen LogP contribution in [0.1, 0.15) is 32.3 Å². The topological polar surface area (TPSA) is 33.7 Å². The van der Waals surface area contributed by atoms with E-state index in [2.05, 4.69) is 30.1 Å². The summed E-state index contributed by atoms with van der Waals surface area (Å²) < 4.78 is 10.6. The summed E-state index contributed by atoms with van der Waals surface area (Å²) in [5.41, 5.74) is 1.22. The molecule has 4 nitrogen and oxygen atoms in total. The summed E-state index contributed by atoms with van der Waals surface area (Å²) in [5.74, 6) is 2.25. The maximum Gasteiger partial charge on any atom is 0.161 e. The Morgan fingerprint density at radius 1 is 1.09 bits per heavy atom. The van der Waals surface area contributed by atoms with E-state index < -0.39 is 0 Å². The van der Waals surface area contributed by atoms with E-state index in [1.165, 1.54) is 31.5 Å². The van der Waals surface area contributed by atoms with Crippen LogP contribution in [0.15, 0.2) is 18.2 Å². The van der Waals surface area contributed by atoms with E-state index in [4.69, 9.17) is 9.47 Å². The van der Waals surface area contributed by atoms with Gasteiger partial charge in [-0.1, -0.05) is 19.9 Å². The first kappa shape index (κ1) is 17.1. The number of nitrogens with zero attached hydrogens (tertiary/aromatic N) is 1. The van der Waals surface area contributed by atoms with E-state index in [1.54, 1.807) is 14.2 Å². The number of hydrogen-bond acceptors (Lipinski definition) is 4. The predicted molar refractivity (Wildman–Crippen MR) is 90.7 cm³/mol. The first-order valence-corrected chi connectivity index (χ1v) is 8.31. The lowest BCUT2D eigenvalue weighted by Crippen LogP contribution is -2.44.